The third-order valence-electron chi connectivity index (χ3n) is 4.14. The first-order valence-electron chi connectivity index (χ1n) is 8.46. The number of para-hydroxylation sites is 1. The molecular weight excluding hydrogens is 369 g/mol. The van der Waals surface area contributed by atoms with E-state index in [1.54, 1.807) is 18.2 Å². The summed E-state index contributed by atoms with van der Waals surface area (Å²) in [6.07, 6.45) is -4.46. The van der Waals surface area contributed by atoms with Crippen LogP contribution in [0.3, 0.4) is 0 Å². The summed E-state index contributed by atoms with van der Waals surface area (Å²) in [5, 5.41) is 0. The lowest BCUT2D eigenvalue weighted by molar-refractivity contribution is -0.137. The summed E-state index contributed by atoms with van der Waals surface area (Å²) in [6, 6.07) is 18.3. The van der Waals surface area contributed by atoms with E-state index in [2.05, 4.69) is 0 Å². The van der Waals surface area contributed by atoms with Gasteiger partial charge in [-0.2, -0.15) is 13.2 Å². The minimum atomic E-state index is -4.46. The van der Waals surface area contributed by atoms with Gasteiger partial charge in [-0.3, -0.25) is 4.79 Å². The minimum absolute atomic E-state index is 0.130. The molecule has 0 saturated heterocycles. The highest BCUT2D eigenvalue weighted by atomic mass is 19.4. The van der Waals surface area contributed by atoms with Gasteiger partial charge in [-0.05, 0) is 29.8 Å². The first-order chi connectivity index (χ1) is 13.4. The van der Waals surface area contributed by atoms with Crippen LogP contribution >= 0.6 is 0 Å². The van der Waals surface area contributed by atoms with Crippen molar-refractivity contribution in [3.05, 3.63) is 95.1 Å². The number of ether oxygens (including phenoxy) is 2. The van der Waals surface area contributed by atoms with Gasteiger partial charge in [-0.25, -0.2) is 0 Å². The van der Waals surface area contributed by atoms with Crippen LogP contribution in [0.5, 0.6) is 11.5 Å². The zero-order chi connectivity index (χ0) is 20.1. The number of hydrogen-bond donors (Lipinski definition) is 0. The number of rotatable bonds is 6. The Morgan fingerprint density at radius 2 is 1.57 bits per heavy atom. The molecule has 28 heavy (non-hydrogen) atoms. The molecule has 3 aromatic rings. The maximum absolute atomic E-state index is 12.9. The molecule has 0 aromatic heterocycles. The number of hydrogen-bond acceptors (Lipinski definition) is 3. The number of methoxy groups -OCH3 is 1. The second kappa shape index (κ2) is 8.17. The summed E-state index contributed by atoms with van der Waals surface area (Å²) in [5.74, 6) is 0.170. The van der Waals surface area contributed by atoms with Crippen LogP contribution in [0.2, 0.25) is 0 Å². The Hall–Kier alpha value is -3.28. The normalized spacial score (nSPS) is 11.1. The standard InChI is InChI=1S/C22H17F3O3/c1-27-19-9-5-8-18(21(19)28-14-15-6-3-2-4-7-15)20(26)16-10-12-17(13-11-16)22(23,24)25/h2-13H,14H2,1H3. The van der Waals surface area contributed by atoms with E-state index in [1.807, 2.05) is 30.3 Å². The predicted octanol–water partition coefficient (Wildman–Crippen LogP) is 5.52. The Kier molecular flexibility index (Phi) is 5.68. The van der Waals surface area contributed by atoms with E-state index in [0.29, 0.717) is 5.75 Å². The minimum Gasteiger partial charge on any atom is -0.493 e. The van der Waals surface area contributed by atoms with Gasteiger partial charge in [0.2, 0.25) is 0 Å². The second-order valence-corrected chi connectivity index (χ2v) is 6.02. The van der Waals surface area contributed by atoms with Crippen molar-refractivity contribution in [2.75, 3.05) is 7.11 Å². The van der Waals surface area contributed by atoms with Gasteiger partial charge in [0.25, 0.3) is 0 Å². The van der Waals surface area contributed by atoms with Crippen molar-refractivity contribution in [2.45, 2.75) is 12.8 Å². The lowest BCUT2D eigenvalue weighted by Crippen LogP contribution is -2.09. The van der Waals surface area contributed by atoms with Gasteiger partial charge in [0.1, 0.15) is 6.61 Å². The van der Waals surface area contributed by atoms with Crippen LogP contribution in [0.4, 0.5) is 13.2 Å². The summed E-state index contributed by atoms with van der Waals surface area (Å²) in [6.45, 7) is 0.217. The maximum atomic E-state index is 12.9. The van der Waals surface area contributed by atoms with E-state index in [9.17, 15) is 18.0 Å². The highest BCUT2D eigenvalue weighted by Crippen LogP contribution is 2.34. The number of benzene rings is 3. The van der Waals surface area contributed by atoms with Gasteiger partial charge >= 0.3 is 6.18 Å². The zero-order valence-electron chi connectivity index (χ0n) is 15.0. The summed E-state index contributed by atoms with van der Waals surface area (Å²) in [5.41, 5.74) is 0.442. The van der Waals surface area contributed by atoms with Crippen molar-refractivity contribution < 1.29 is 27.4 Å². The zero-order valence-corrected chi connectivity index (χ0v) is 15.0. The van der Waals surface area contributed by atoms with Crippen LogP contribution in [0.25, 0.3) is 0 Å². The third-order valence-corrected chi connectivity index (χ3v) is 4.14. The third kappa shape index (κ3) is 4.34. The van der Waals surface area contributed by atoms with Crippen molar-refractivity contribution in [1.29, 1.82) is 0 Å². The average molecular weight is 386 g/mol. The fourth-order valence-corrected chi connectivity index (χ4v) is 2.70. The van der Waals surface area contributed by atoms with Crippen molar-refractivity contribution in [1.82, 2.24) is 0 Å². The fourth-order valence-electron chi connectivity index (χ4n) is 2.70. The molecular formula is C22H17F3O3. The molecule has 0 bridgehead atoms. The molecule has 0 spiro atoms. The molecule has 0 unspecified atom stereocenters. The lowest BCUT2D eigenvalue weighted by atomic mass is 10.0. The Bertz CT molecular complexity index is 949. The molecule has 0 saturated carbocycles. The van der Waals surface area contributed by atoms with Gasteiger partial charge in [0.05, 0.1) is 18.2 Å². The quantitative estimate of drug-likeness (QED) is 0.523. The number of ketones is 1. The van der Waals surface area contributed by atoms with Crippen molar-refractivity contribution in [3.63, 3.8) is 0 Å². The first kappa shape index (κ1) is 19.5. The van der Waals surface area contributed by atoms with Crippen LogP contribution < -0.4 is 9.47 Å². The maximum Gasteiger partial charge on any atom is 0.416 e. The number of alkyl halides is 3. The molecule has 0 aliphatic heterocycles. The Morgan fingerprint density at radius 1 is 0.893 bits per heavy atom. The molecule has 0 aliphatic carbocycles. The van der Waals surface area contributed by atoms with E-state index in [0.717, 1.165) is 29.8 Å². The summed E-state index contributed by atoms with van der Waals surface area (Å²) < 4.78 is 49.4. The van der Waals surface area contributed by atoms with Crippen molar-refractivity contribution >= 4 is 5.78 Å². The molecule has 0 atom stereocenters. The number of carbonyl (C=O) groups excluding carboxylic acids is 1. The number of halogens is 3. The van der Waals surface area contributed by atoms with Crippen molar-refractivity contribution in [3.8, 4) is 11.5 Å². The number of carbonyl (C=O) groups is 1. The van der Waals surface area contributed by atoms with Crippen LogP contribution in [-0.2, 0) is 12.8 Å². The Labute approximate surface area is 160 Å². The van der Waals surface area contributed by atoms with Crippen molar-refractivity contribution in [2.24, 2.45) is 0 Å². The lowest BCUT2D eigenvalue weighted by Gasteiger charge is -2.15. The van der Waals surface area contributed by atoms with Crippen LogP contribution in [-0.4, -0.2) is 12.9 Å². The Balaban J connectivity index is 1.91. The van der Waals surface area contributed by atoms with E-state index >= 15 is 0 Å². The highest BCUT2D eigenvalue weighted by molar-refractivity contribution is 6.11. The van der Waals surface area contributed by atoms with E-state index < -0.39 is 17.5 Å². The van der Waals surface area contributed by atoms with Gasteiger partial charge in [-0.15, -0.1) is 0 Å². The summed E-state index contributed by atoms with van der Waals surface area (Å²) in [4.78, 5) is 12.9. The highest BCUT2D eigenvalue weighted by Gasteiger charge is 2.30. The largest absolute Gasteiger partial charge is 0.493 e. The molecule has 6 heteroatoms. The molecule has 3 rings (SSSR count). The molecule has 0 heterocycles. The first-order valence-corrected chi connectivity index (χ1v) is 8.46. The van der Waals surface area contributed by atoms with Crippen LogP contribution in [0, 0.1) is 0 Å². The molecule has 0 fully saturated rings. The fraction of sp³-hybridized carbons (Fsp3) is 0.136. The van der Waals surface area contributed by atoms with Gasteiger partial charge < -0.3 is 9.47 Å². The van der Waals surface area contributed by atoms with Gasteiger partial charge in [0.15, 0.2) is 17.3 Å². The second-order valence-electron chi connectivity index (χ2n) is 6.02. The van der Waals surface area contributed by atoms with Gasteiger partial charge in [0, 0.05) is 5.56 Å². The van der Waals surface area contributed by atoms with Crippen LogP contribution in [0.15, 0.2) is 72.8 Å². The molecule has 3 aromatic carbocycles. The molecule has 0 radical (unpaired) electrons. The molecule has 0 N–H and O–H groups in total. The SMILES string of the molecule is COc1cccc(C(=O)c2ccc(C(F)(F)F)cc2)c1OCc1ccccc1. The van der Waals surface area contributed by atoms with E-state index in [-0.39, 0.29) is 23.5 Å². The summed E-state index contributed by atoms with van der Waals surface area (Å²) in [7, 11) is 1.46. The predicted molar refractivity (Wildman–Crippen MR) is 98.6 cm³/mol. The Morgan fingerprint density at radius 3 is 2.18 bits per heavy atom. The molecule has 144 valence electrons. The molecule has 0 aliphatic rings. The monoisotopic (exact) mass is 386 g/mol. The molecule has 0 amide bonds. The van der Waals surface area contributed by atoms with E-state index in [4.69, 9.17) is 9.47 Å². The average Bonchev–Trinajstić information content (AvgIpc) is 2.71. The summed E-state index contributed by atoms with van der Waals surface area (Å²) >= 11 is 0. The topological polar surface area (TPSA) is 35.5 Å². The van der Waals surface area contributed by atoms with Gasteiger partial charge in [-0.1, -0.05) is 48.5 Å². The van der Waals surface area contributed by atoms with Crippen LogP contribution in [0.1, 0.15) is 27.0 Å². The molecule has 3 nitrogen and oxygen atoms in total. The smallest absolute Gasteiger partial charge is 0.416 e. The van der Waals surface area contributed by atoms with E-state index in [1.165, 1.54) is 7.11 Å².